The molecular formula is C20H14ClF3N8. The molecule has 0 radical (unpaired) electrons. The Morgan fingerprint density at radius 3 is 2.72 bits per heavy atom. The number of pyridine rings is 1. The number of hydrogen-bond acceptors (Lipinski definition) is 6. The molecule has 0 aliphatic rings. The maximum absolute atomic E-state index is 13.2. The third-order valence-corrected chi connectivity index (χ3v) is 5.39. The number of benzene rings is 1. The number of anilines is 1. The fraction of sp³-hybridized carbons (Fsp3) is 0.150. The Hall–Kier alpha value is -3.73. The first-order chi connectivity index (χ1) is 15.2. The van der Waals surface area contributed by atoms with E-state index < -0.39 is 17.8 Å². The van der Waals surface area contributed by atoms with Gasteiger partial charge in [-0.2, -0.15) is 18.3 Å². The summed E-state index contributed by atoms with van der Waals surface area (Å²) < 4.78 is 40.6. The van der Waals surface area contributed by atoms with Crippen LogP contribution in [0, 0.1) is 0 Å². The van der Waals surface area contributed by atoms with Crippen LogP contribution in [0.25, 0.3) is 27.9 Å². The van der Waals surface area contributed by atoms with Crippen LogP contribution in [0.4, 0.5) is 19.0 Å². The van der Waals surface area contributed by atoms with E-state index in [-0.39, 0.29) is 11.6 Å². The first kappa shape index (κ1) is 20.2. The number of nitrogens with two attached hydrogens (primary N) is 1. The molecule has 12 heteroatoms. The summed E-state index contributed by atoms with van der Waals surface area (Å²) in [4.78, 5) is 20.4. The van der Waals surface area contributed by atoms with Crippen LogP contribution in [0.15, 0.2) is 42.9 Å². The van der Waals surface area contributed by atoms with E-state index in [0.29, 0.717) is 38.5 Å². The van der Waals surface area contributed by atoms with E-state index in [4.69, 9.17) is 17.3 Å². The molecule has 0 amide bonds. The molecule has 5 rings (SSSR count). The van der Waals surface area contributed by atoms with Crippen molar-refractivity contribution >= 4 is 39.5 Å². The number of aromatic nitrogens is 7. The van der Waals surface area contributed by atoms with Gasteiger partial charge in [0.25, 0.3) is 0 Å². The highest BCUT2D eigenvalue weighted by atomic mass is 35.5. The van der Waals surface area contributed by atoms with E-state index in [2.05, 4.69) is 30.0 Å². The highest BCUT2D eigenvalue weighted by Gasteiger charge is 2.34. The number of nitrogen functional groups attached to an aromatic ring is 1. The third kappa shape index (κ3) is 3.30. The van der Waals surface area contributed by atoms with Crippen molar-refractivity contribution in [2.24, 2.45) is 0 Å². The number of fused-ring (bicyclic) bond motifs is 2. The lowest BCUT2D eigenvalue weighted by atomic mass is 9.98. The van der Waals surface area contributed by atoms with Crippen LogP contribution in [0.5, 0.6) is 0 Å². The number of rotatable bonds is 3. The zero-order chi connectivity index (χ0) is 22.6. The summed E-state index contributed by atoms with van der Waals surface area (Å²) in [6.45, 7) is 1.80. The van der Waals surface area contributed by atoms with E-state index in [9.17, 15) is 13.2 Å². The summed E-state index contributed by atoms with van der Waals surface area (Å²) in [6.07, 6.45) is -1.93. The van der Waals surface area contributed by atoms with Gasteiger partial charge in [-0.25, -0.2) is 24.6 Å². The van der Waals surface area contributed by atoms with Crippen LogP contribution in [0.2, 0.25) is 5.02 Å². The zero-order valence-electron chi connectivity index (χ0n) is 16.4. The molecule has 0 bridgehead atoms. The van der Waals surface area contributed by atoms with Crippen molar-refractivity contribution in [2.45, 2.75) is 19.0 Å². The lowest BCUT2D eigenvalue weighted by Crippen LogP contribution is -2.12. The average molecular weight is 459 g/mol. The van der Waals surface area contributed by atoms with Crippen LogP contribution in [0.1, 0.15) is 29.9 Å². The van der Waals surface area contributed by atoms with Gasteiger partial charge in [0.1, 0.15) is 11.3 Å². The summed E-state index contributed by atoms with van der Waals surface area (Å²) in [5.74, 6) is 0.238. The van der Waals surface area contributed by atoms with Gasteiger partial charge in [-0.05, 0) is 18.2 Å². The molecule has 8 nitrogen and oxygen atoms in total. The fourth-order valence-electron chi connectivity index (χ4n) is 3.47. The first-order valence-electron chi connectivity index (χ1n) is 9.41. The fourth-order valence-corrected chi connectivity index (χ4v) is 3.69. The standard InChI is InChI=1S/C20H14ClF3N8/c1-9(17-29-16(25)15-18(30-17)27-8-26-15)11-7-10-3-2-4-12(21)14(10)28-19(11)32-6-5-13(31-32)20(22,23)24/h2-9H,1H3,(H3,25,26,27,29,30)/t9-/m0/s1. The lowest BCUT2D eigenvalue weighted by molar-refractivity contribution is -0.141. The molecule has 5 aromatic rings. The van der Waals surface area contributed by atoms with Crippen molar-refractivity contribution in [3.63, 3.8) is 0 Å². The van der Waals surface area contributed by atoms with Gasteiger partial charge in [0.15, 0.2) is 23.0 Å². The predicted octanol–water partition coefficient (Wildman–Crippen LogP) is 4.49. The van der Waals surface area contributed by atoms with Crippen molar-refractivity contribution in [2.75, 3.05) is 5.73 Å². The number of hydrogen-bond donors (Lipinski definition) is 2. The topological polar surface area (TPSA) is 111 Å². The van der Waals surface area contributed by atoms with Crippen molar-refractivity contribution in [1.29, 1.82) is 0 Å². The van der Waals surface area contributed by atoms with E-state index in [0.717, 1.165) is 10.7 Å². The van der Waals surface area contributed by atoms with Gasteiger partial charge >= 0.3 is 6.18 Å². The predicted molar refractivity (Wildman–Crippen MR) is 112 cm³/mol. The molecule has 1 aromatic carbocycles. The Morgan fingerprint density at radius 1 is 1.16 bits per heavy atom. The Bertz CT molecular complexity index is 1470. The number of halogens is 4. The number of H-pyrrole nitrogens is 1. The largest absolute Gasteiger partial charge is 0.435 e. The molecule has 0 saturated heterocycles. The van der Waals surface area contributed by atoms with Crippen molar-refractivity contribution in [3.8, 4) is 5.82 Å². The molecule has 162 valence electrons. The molecule has 0 unspecified atom stereocenters. The lowest BCUT2D eigenvalue weighted by Gasteiger charge is -2.17. The molecule has 0 saturated carbocycles. The molecule has 0 fully saturated rings. The van der Waals surface area contributed by atoms with Gasteiger partial charge in [-0.3, -0.25) is 0 Å². The van der Waals surface area contributed by atoms with Crippen LogP contribution in [0.3, 0.4) is 0 Å². The Kier molecular flexibility index (Phi) is 4.52. The second kappa shape index (κ2) is 7.16. The van der Waals surface area contributed by atoms with E-state index in [1.165, 1.54) is 12.5 Å². The molecule has 4 heterocycles. The number of nitrogens with one attached hydrogen (secondary N) is 1. The number of imidazole rings is 1. The van der Waals surface area contributed by atoms with Gasteiger partial charge in [0, 0.05) is 23.1 Å². The Balaban J connectivity index is 1.73. The van der Waals surface area contributed by atoms with Crippen LogP contribution in [-0.2, 0) is 6.18 Å². The first-order valence-corrected chi connectivity index (χ1v) is 9.79. The van der Waals surface area contributed by atoms with Gasteiger partial charge < -0.3 is 10.7 Å². The van der Waals surface area contributed by atoms with Gasteiger partial charge in [0.2, 0.25) is 0 Å². The maximum atomic E-state index is 13.2. The minimum absolute atomic E-state index is 0.179. The van der Waals surface area contributed by atoms with E-state index in [1.54, 1.807) is 25.1 Å². The van der Waals surface area contributed by atoms with E-state index in [1.807, 2.05) is 6.07 Å². The number of alkyl halides is 3. The van der Waals surface area contributed by atoms with Gasteiger partial charge in [-0.1, -0.05) is 30.7 Å². The summed E-state index contributed by atoms with van der Waals surface area (Å²) in [7, 11) is 0. The second-order valence-corrected chi connectivity index (χ2v) is 7.55. The molecule has 1 atom stereocenters. The van der Waals surface area contributed by atoms with Crippen LogP contribution >= 0.6 is 11.6 Å². The highest BCUT2D eigenvalue weighted by molar-refractivity contribution is 6.35. The molecule has 3 N–H and O–H groups in total. The molecule has 0 aliphatic heterocycles. The SMILES string of the molecule is C[C@H](c1nc(N)c2[nH]cnc2n1)c1cc2cccc(Cl)c2nc1-n1ccc(C(F)(F)F)n1. The summed E-state index contributed by atoms with van der Waals surface area (Å²) >= 11 is 6.29. The highest BCUT2D eigenvalue weighted by Crippen LogP contribution is 2.34. The minimum atomic E-state index is -4.59. The normalized spacial score (nSPS) is 13.2. The molecule has 4 aromatic heterocycles. The van der Waals surface area contributed by atoms with Crippen molar-refractivity contribution in [3.05, 3.63) is 65.0 Å². The van der Waals surface area contributed by atoms with Gasteiger partial charge in [0.05, 0.1) is 16.9 Å². The van der Waals surface area contributed by atoms with Crippen molar-refractivity contribution < 1.29 is 13.2 Å². The number of para-hydroxylation sites is 1. The van der Waals surface area contributed by atoms with Crippen LogP contribution in [-0.4, -0.2) is 34.7 Å². The molecule has 0 aliphatic carbocycles. The quantitative estimate of drug-likeness (QED) is 0.412. The zero-order valence-corrected chi connectivity index (χ0v) is 17.1. The monoisotopic (exact) mass is 458 g/mol. The summed E-state index contributed by atoms with van der Waals surface area (Å²) in [5, 5.41) is 4.76. The second-order valence-electron chi connectivity index (χ2n) is 7.15. The van der Waals surface area contributed by atoms with Gasteiger partial charge in [-0.15, -0.1) is 0 Å². The molecular weight excluding hydrogens is 445 g/mol. The van der Waals surface area contributed by atoms with Crippen molar-refractivity contribution in [1.82, 2.24) is 34.7 Å². The van der Waals surface area contributed by atoms with Crippen LogP contribution < -0.4 is 5.73 Å². The Labute approximate surface area is 183 Å². The smallest absolute Gasteiger partial charge is 0.382 e. The summed E-state index contributed by atoms with van der Waals surface area (Å²) in [5.41, 5.74) is 6.87. The Morgan fingerprint density at radius 2 is 1.97 bits per heavy atom. The molecule has 0 spiro atoms. The number of nitrogens with zero attached hydrogens (tertiary/aromatic N) is 6. The molecule has 32 heavy (non-hydrogen) atoms. The minimum Gasteiger partial charge on any atom is -0.382 e. The average Bonchev–Trinajstić information content (AvgIpc) is 3.42. The van der Waals surface area contributed by atoms with E-state index >= 15 is 0 Å². The third-order valence-electron chi connectivity index (χ3n) is 5.09. The maximum Gasteiger partial charge on any atom is 0.435 e. The summed E-state index contributed by atoms with van der Waals surface area (Å²) in [6, 6.07) is 7.91. The number of aromatic amines is 1.